The van der Waals surface area contributed by atoms with Crippen LogP contribution in [0.5, 0.6) is 0 Å². The van der Waals surface area contributed by atoms with E-state index in [2.05, 4.69) is 26.1 Å². The van der Waals surface area contributed by atoms with Crippen molar-refractivity contribution in [1.29, 1.82) is 0 Å². The van der Waals surface area contributed by atoms with E-state index in [9.17, 15) is 5.11 Å². The summed E-state index contributed by atoms with van der Waals surface area (Å²) >= 11 is 4.93. The van der Waals surface area contributed by atoms with Crippen LogP contribution in [0.15, 0.2) is 20.4 Å². The molecule has 2 aromatic rings. The molecule has 2 heterocycles. The number of aliphatic hydroxyl groups excluding tert-OH is 1. The lowest BCUT2D eigenvalue weighted by Crippen LogP contribution is -2.14. The van der Waals surface area contributed by atoms with Gasteiger partial charge in [0.1, 0.15) is 0 Å². The van der Waals surface area contributed by atoms with E-state index in [4.69, 9.17) is 4.52 Å². The molecule has 0 amide bonds. The van der Waals surface area contributed by atoms with Gasteiger partial charge in [0.2, 0.25) is 11.7 Å². The molecular weight excluding hydrogens is 304 g/mol. The molecule has 0 saturated carbocycles. The molecule has 0 radical (unpaired) electrons. The lowest BCUT2D eigenvalue weighted by molar-refractivity contribution is 0.129. The molecule has 0 saturated heterocycles. The Kier molecular flexibility index (Phi) is 3.96. The molecule has 0 fully saturated rings. The number of halogens is 1. The molecule has 0 bridgehead atoms. The molecule has 2 rings (SSSR count). The maximum Gasteiger partial charge on any atom is 0.232 e. The minimum absolute atomic E-state index is 0.135. The zero-order chi connectivity index (χ0) is 12.4. The molecule has 0 spiro atoms. The Morgan fingerprint density at radius 1 is 1.59 bits per heavy atom. The topological polar surface area (TPSA) is 59.2 Å². The Labute approximate surface area is 112 Å². The van der Waals surface area contributed by atoms with E-state index in [0.717, 1.165) is 9.35 Å². The first-order chi connectivity index (χ1) is 8.11. The second-order valence-electron chi connectivity index (χ2n) is 3.85. The quantitative estimate of drug-likeness (QED) is 0.938. The molecule has 2 aromatic heterocycles. The van der Waals surface area contributed by atoms with Crippen LogP contribution in [-0.2, 0) is 0 Å². The zero-order valence-electron chi connectivity index (χ0n) is 9.55. The summed E-state index contributed by atoms with van der Waals surface area (Å²) < 4.78 is 6.19. The van der Waals surface area contributed by atoms with Crippen molar-refractivity contribution in [3.05, 3.63) is 21.8 Å². The Balaban J connectivity index is 2.21. The Morgan fingerprint density at radius 2 is 2.35 bits per heavy atom. The third kappa shape index (κ3) is 2.75. The molecule has 4 nitrogen and oxygen atoms in total. The van der Waals surface area contributed by atoms with Crippen molar-refractivity contribution in [2.45, 2.75) is 32.3 Å². The Bertz CT molecular complexity index is 497. The highest BCUT2D eigenvalue weighted by Gasteiger charge is 2.21. The van der Waals surface area contributed by atoms with Gasteiger partial charge in [-0.3, -0.25) is 0 Å². The molecule has 2 unspecified atom stereocenters. The second kappa shape index (κ2) is 5.29. The fourth-order valence-electron chi connectivity index (χ4n) is 1.47. The van der Waals surface area contributed by atoms with Crippen molar-refractivity contribution in [2.75, 3.05) is 0 Å². The van der Waals surface area contributed by atoms with Crippen molar-refractivity contribution in [3.63, 3.8) is 0 Å². The standard InChI is InChI=1S/C11H13BrN2O2S/c1-3-8(15)6(2)11-13-10(14-16-11)9-4-7(12)5-17-9/h4-6,8,15H,3H2,1-2H3. The fraction of sp³-hybridized carbons (Fsp3) is 0.455. The lowest BCUT2D eigenvalue weighted by atomic mass is 10.0. The van der Waals surface area contributed by atoms with Gasteiger partial charge >= 0.3 is 0 Å². The average molecular weight is 317 g/mol. The van der Waals surface area contributed by atoms with Crippen LogP contribution >= 0.6 is 27.3 Å². The van der Waals surface area contributed by atoms with Gasteiger partial charge in [-0.2, -0.15) is 4.98 Å². The van der Waals surface area contributed by atoms with E-state index in [0.29, 0.717) is 18.1 Å². The smallest absolute Gasteiger partial charge is 0.232 e. The van der Waals surface area contributed by atoms with E-state index < -0.39 is 6.10 Å². The molecule has 0 aliphatic carbocycles. The summed E-state index contributed by atoms with van der Waals surface area (Å²) in [7, 11) is 0. The first-order valence-electron chi connectivity index (χ1n) is 5.38. The minimum Gasteiger partial charge on any atom is -0.392 e. The maximum absolute atomic E-state index is 9.73. The molecule has 0 aromatic carbocycles. The van der Waals surface area contributed by atoms with Crippen LogP contribution in [0.1, 0.15) is 32.1 Å². The molecular formula is C11H13BrN2O2S. The summed E-state index contributed by atoms with van der Waals surface area (Å²) in [6.07, 6.45) is 0.224. The fourth-order valence-corrected chi connectivity index (χ4v) is 2.82. The van der Waals surface area contributed by atoms with Crippen LogP contribution in [0.25, 0.3) is 10.7 Å². The van der Waals surface area contributed by atoms with Crippen LogP contribution in [0.4, 0.5) is 0 Å². The van der Waals surface area contributed by atoms with Crippen molar-refractivity contribution in [1.82, 2.24) is 10.1 Å². The number of rotatable bonds is 4. The van der Waals surface area contributed by atoms with Gasteiger partial charge in [-0.25, -0.2) is 0 Å². The van der Waals surface area contributed by atoms with Gasteiger partial charge in [0, 0.05) is 9.85 Å². The summed E-state index contributed by atoms with van der Waals surface area (Å²) in [5.41, 5.74) is 0. The first kappa shape index (κ1) is 12.7. The average Bonchev–Trinajstić information content (AvgIpc) is 2.95. The van der Waals surface area contributed by atoms with Crippen LogP contribution in [0, 0.1) is 0 Å². The molecule has 6 heteroatoms. The van der Waals surface area contributed by atoms with Crippen molar-refractivity contribution in [2.24, 2.45) is 0 Å². The van der Waals surface area contributed by atoms with Gasteiger partial charge in [0.25, 0.3) is 0 Å². The molecule has 0 aliphatic rings. The molecule has 92 valence electrons. The third-order valence-corrected chi connectivity index (χ3v) is 4.30. The largest absolute Gasteiger partial charge is 0.392 e. The van der Waals surface area contributed by atoms with Gasteiger partial charge in [-0.05, 0) is 28.4 Å². The first-order valence-corrected chi connectivity index (χ1v) is 7.05. The molecule has 17 heavy (non-hydrogen) atoms. The van der Waals surface area contributed by atoms with Gasteiger partial charge in [0.15, 0.2) is 0 Å². The number of thiophene rings is 1. The van der Waals surface area contributed by atoms with Gasteiger partial charge in [0.05, 0.1) is 16.9 Å². The second-order valence-corrected chi connectivity index (χ2v) is 5.68. The van der Waals surface area contributed by atoms with Gasteiger partial charge in [-0.1, -0.05) is 19.0 Å². The summed E-state index contributed by atoms with van der Waals surface area (Å²) in [6.45, 7) is 3.81. The van der Waals surface area contributed by atoms with Crippen LogP contribution < -0.4 is 0 Å². The number of hydrogen-bond donors (Lipinski definition) is 1. The van der Waals surface area contributed by atoms with E-state index in [-0.39, 0.29) is 5.92 Å². The number of hydrogen-bond acceptors (Lipinski definition) is 5. The minimum atomic E-state index is -0.446. The summed E-state index contributed by atoms with van der Waals surface area (Å²) in [5.74, 6) is 0.925. The molecule has 1 N–H and O–H groups in total. The Hall–Kier alpha value is -0.720. The monoisotopic (exact) mass is 316 g/mol. The van der Waals surface area contributed by atoms with E-state index in [1.54, 1.807) is 11.3 Å². The highest BCUT2D eigenvalue weighted by atomic mass is 79.9. The lowest BCUT2D eigenvalue weighted by Gasteiger charge is -2.11. The zero-order valence-corrected chi connectivity index (χ0v) is 12.0. The van der Waals surface area contributed by atoms with Crippen molar-refractivity contribution in [3.8, 4) is 10.7 Å². The van der Waals surface area contributed by atoms with Crippen molar-refractivity contribution < 1.29 is 9.63 Å². The summed E-state index contributed by atoms with van der Waals surface area (Å²) in [6, 6.07) is 1.94. The predicted molar refractivity (Wildman–Crippen MR) is 70.0 cm³/mol. The predicted octanol–water partition coefficient (Wildman–Crippen LogP) is 3.44. The Morgan fingerprint density at radius 3 is 2.94 bits per heavy atom. The third-order valence-electron chi connectivity index (χ3n) is 2.61. The van der Waals surface area contributed by atoms with E-state index in [1.807, 2.05) is 25.3 Å². The highest BCUT2D eigenvalue weighted by Crippen LogP contribution is 2.29. The normalized spacial score (nSPS) is 14.8. The van der Waals surface area contributed by atoms with E-state index >= 15 is 0 Å². The summed E-state index contributed by atoms with van der Waals surface area (Å²) in [5, 5.41) is 15.6. The number of aromatic nitrogens is 2. The van der Waals surface area contributed by atoms with Gasteiger partial charge in [-0.15, -0.1) is 11.3 Å². The maximum atomic E-state index is 9.73. The van der Waals surface area contributed by atoms with Crippen LogP contribution in [-0.4, -0.2) is 21.4 Å². The van der Waals surface area contributed by atoms with Gasteiger partial charge < -0.3 is 9.63 Å². The SMILES string of the molecule is CCC(O)C(C)c1nc(-c2cc(Br)cs2)no1. The van der Waals surface area contributed by atoms with Crippen LogP contribution in [0.2, 0.25) is 0 Å². The number of nitrogens with zero attached hydrogens (tertiary/aromatic N) is 2. The number of aliphatic hydroxyl groups is 1. The van der Waals surface area contributed by atoms with Crippen LogP contribution in [0.3, 0.4) is 0 Å². The molecule has 2 atom stereocenters. The van der Waals surface area contributed by atoms with E-state index in [1.165, 1.54) is 0 Å². The summed E-state index contributed by atoms with van der Waals surface area (Å²) in [4.78, 5) is 5.26. The highest BCUT2D eigenvalue weighted by molar-refractivity contribution is 9.10. The molecule has 0 aliphatic heterocycles. The van der Waals surface area contributed by atoms with Crippen molar-refractivity contribution >= 4 is 27.3 Å².